The molecule has 6 heteroatoms. The molecule has 2 aromatic heterocycles. The maximum atomic E-state index is 7.31. The zero-order chi connectivity index (χ0) is 10.3. The molecule has 0 aromatic carbocycles. The number of nitrogen functional groups attached to an aromatic ring is 1. The zero-order valence-electron chi connectivity index (χ0n) is 7.94. The predicted octanol–water partition coefficient (Wildman–Crippen LogP) is 0.0252. The number of hydrogen-bond acceptors (Lipinski definition) is 4. The Hall–Kier alpha value is -1.98. The van der Waals surface area contributed by atoms with Gasteiger partial charge in [-0.1, -0.05) is 0 Å². The van der Waals surface area contributed by atoms with Crippen molar-refractivity contribution >= 4 is 11.6 Å². The van der Waals surface area contributed by atoms with Crippen LogP contribution in [0.3, 0.4) is 0 Å². The van der Waals surface area contributed by atoms with Crippen LogP contribution in [-0.2, 0) is 0 Å². The molecular weight excluding hydrogens is 180 g/mol. The van der Waals surface area contributed by atoms with Crippen LogP contribution >= 0.6 is 0 Å². The fourth-order valence-corrected chi connectivity index (χ4v) is 1.15. The van der Waals surface area contributed by atoms with Gasteiger partial charge in [-0.15, -0.1) is 0 Å². The maximum Gasteiger partial charge on any atom is 0.251 e. The maximum absolute atomic E-state index is 7.31. The van der Waals surface area contributed by atoms with Gasteiger partial charge in [0.25, 0.3) is 5.78 Å². The second-order valence-electron chi connectivity index (χ2n) is 3.05. The van der Waals surface area contributed by atoms with Crippen LogP contribution in [0.4, 0.5) is 0 Å². The van der Waals surface area contributed by atoms with Gasteiger partial charge < -0.3 is 5.73 Å². The third-order valence-electron chi connectivity index (χ3n) is 2.04. The van der Waals surface area contributed by atoms with E-state index in [4.69, 9.17) is 11.1 Å². The topological polar surface area (TPSA) is 93.0 Å². The van der Waals surface area contributed by atoms with Crippen LogP contribution in [0, 0.1) is 19.3 Å². The lowest BCUT2D eigenvalue weighted by molar-refractivity contribution is 0.841. The van der Waals surface area contributed by atoms with Gasteiger partial charge >= 0.3 is 0 Å². The van der Waals surface area contributed by atoms with Crippen molar-refractivity contribution < 1.29 is 0 Å². The molecule has 0 radical (unpaired) electrons. The number of nitrogens with zero attached hydrogens (tertiary/aromatic N) is 4. The first kappa shape index (κ1) is 8.61. The lowest BCUT2D eigenvalue weighted by Gasteiger charge is -2.00. The molecule has 0 saturated heterocycles. The van der Waals surface area contributed by atoms with Crippen LogP contribution in [0.25, 0.3) is 5.78 Å². The average Bonchev–Trinajstić information content (AvgIpc) is 2.48. The summed E-state index contributed by atoms with van der Waals surface area (Å²) >= 11 is 0. The van der Waals surface area contributed by atoms with Crippen LogP contribution < -0.4 is 5.73 Å². The number of nitrogens with one attached hydrogen (secondary N) is 1. The van der Waals surface area contributed by atoms with Gasteiger partial charge in [-0.3, -0.25) is 5.41 Å². The van der Waals surface area contributed by atoms with Gasteiger partial charge in [0.05, 0.1) is 17.6 Å². The lowest BCUT2D eigenvalue weighted by Crippen LogP contribution is -2.15. The average molecular weight is 190 g/mol. The molecule has 0 spiro atoms. The van der Waals surface area contributed by atoms with Crippen LogP contribution in [0.2, 0.25) is 0 Å². The SMILES string of the molecule is Cc1nc2ncc(C(=N)N)n2nc1C. The van der Waals surface area contributed by atoms with Crippen LogP contribution in [0.1, 0.15) is 17.1 Å². The summed E-state index contributed by atoms with van der Waals surface area (Å²) in [5.41, 5.74) is 7.47. The van der Waals surface area contributed by atoms with Crippen molar-refractivity contribution in [2.24, 2.45) is 5.73 Å². The largest absolute Gasteiger partial charge is 0.382 e. The Kier molecular flexibility index (Phi) is 1.70. The van der Waals surface area contributed by atoms with E-state index in [0.29, 0.717) is 11.5 Å². The minimum Gasteiger partial charge on any atom is -0.382 e. The molecule has 14 heavy (non-hydrogen) atoms. The fraction of sp³-hybridized carbons (Fsp3) is 0.250. The van der Waals surface area contributed by atoms with E-state index >= 15 is 0 Å². The fourth-order valence-electron chi connectivity index (χ4n) is 1.15. The first-order chi connectivity index (χ1) is 6.59. The van der Waals surface area contributed by atoms with Gasteiger partial charge in [0.2, 0.25) is 0 Å². The van der Waals surface area contributed by atoms with Gasteiger partial charge in [0, 0.05) is 0 Å². The monoisotopic (exact) mass is 190 g/mol. The van der Waals surface area contributed by atoms with Crippen molar-refractivity contribution in [1.82, 2.24) is 19.6 Å². The highest BCUT2D eigenvalue weighted by Crippen LogP contribution is 2.05. The number of rotatable bonds is 1. The van der Waals surface area contributed by atoms with Crippen LogP contribution in [-0.4, -0.2) is 25.4 Å². The summed E-state index contributed by atoms with van der Waals surface area (Å²) in [5.74, 6) is 0.411. The van der Waals surface area contributed by atoms with E-state index in [1.165, 1.54) is 10.7 Å². The molecule has 0 bridgehead atoms. The van der Waals surface area contributed by atoms with Crippen molar-refractivity contribution in [2.75, 3.05) is 0 Å². The first-order valence-corrected chi connectivity index (χ1v) is 4.13. The number of aryl methyl sites for hydroxylation is 2. The number of amidine groups is 1. The predicted molar refractivity (Wildman–Crippen MR) is 51.3 cm³/mol. The summed E-state index contributed by atoms with van der Waals surface area (Å²) in [5, 5.41) is 11.5. The van der Waals surface area contributed by atoms with E-state index in [2.05, 4.69) is 15.1 Å². The standard InChI is InChI=1S/C8H10N6/c1-4-5(2)13-14-6(7(9)10)3-11-8(14)12-4/h3H,1-2H3,(H3,9,10). The highest BCUT2D eigenvalue weighted by atomic mass is 15.3. The second kappa shape index (κ2) is 2.76. The number of hydrogen-bond donors (Lipinski definition) is 2. The Labute approximate surface area is 80.3 Å². The Bertz CT molecular complexity index is 512. The Morgan fingerprint density at radius 2 is 2.14 bits per heavy atom. The van der Waals surface area contributed by atoms with Crippen molar-refractivity contribution in [1.29, 1.82) is 5.41 Å². The highest BCUT2D eigenvalue weighted by Gasteiger charge is 2.09. The number of nitrogens with two attached hydrogens (primary N) is 1. The normalized spacial score (nSPS) is 10.7. The van der Waals surface area contributed by atoms with Gasteiger partial charge in [-0.2, -0.15) is 9.61 Å². The van der Waals surface area contributed by atoms with Gasteiger partial charge in [-0.25, -0.2) is 9.97 Å². The molecule has 6 nitrogen and oxygen atoms in total. The third kappa shape index (κ3) is 1.12. The molecule has 3 N–H and O–H groups in total. The van der Waals surface area contributed by atoms with Crippen molar-refractivity contribution in [3.63, 3.8) is 0 Å². The molecule has 0 saturated carbocycles. The van der Waals surface area contributed by atoms with Gasteiger partial charge in [0.1, 0.15) is 11.5 Å². The van der Waals surface area contributed by atoms with E-state index in [-0.39, 0.29) is 5.84 Å². The number of aromatic nitrogens is 4. The van der Waals surface area contributed by atoms with Gasteiger partial charge in [0.15, 0.2) is 0 Å². The van der Waals surface area contributed by atoms with Gasteiger partial charge in [-0.05, 0) is 13.8 Å². The number of imidazole rings is 1. The number of fused-ring (bicyclic) bond motifs is 1. The molecule has 72 valence electrons. The molecule has 0 unspecified atom stereocenters. The Morgan fingerprint density at radius 3 is 2.79 bits per heavy atom. The van der Waals surface area contributed by atoms with E-state index in [0.717, 1.165) is 11.4 Å². The summed E-state index contributed by atoms with van der Waals surface area (Å²) in [7, 11) is 0. The van der Waals surface area contributed by atoms with Crippen LogP contribution in [0.15, 0.2) is 6.20 Å². The lowest BCUT2D eigenvalue weighted by atomic mass is 10.4. The molecule has 0 aliphatic heterocycles. The molecule has 0 fully saturated rings. The summed E-state index contributed by atoms with van der Waals surface area (Å²) in [4.78, 5) is 8.23. The Balaban J connectivity index is 2.80. The van der Waals surface area contributed by atoms with Crippen LogP contribution in [0.5, 0.6) is 0 Å². The molecule has 2 heterocycles. The van der Waals surface area contributed by atoms with E-state index in [1.54, 1.807) is 0 Å². The highest BCUT2D eigenvalue weighted by molar-refractivity contribution is 5.93. The van der Waals surface area contributed by atoms with Crippen molar-refractivity contribution in [2.45, 2.75) is 13.8 Å². The van der Waals surface area contributed by atoms with E-state index < -0.39 is 0 Å². The third-order valence-corrected chi connectivity index (χ3v) is 2.04. The molecule has 0 aliphatic carbocycles. The summed E-state index contributed by atoms with van der Waals surface area (Å²) in [6.07, 6.45) is 1.50. The Morgan fingerprint density at radius 1 is 1.43 bits per heavy atom. The summed E-state index contributed by atoms with van der Waals surface area (Å²) < 4.78 is 1.48. The van der Waals surface area contributed by atoms with Crippen molar-refractivity contribution in [3.05, 3.63) is 23.3 Å². The second-order valence-corrected chi connectivity index (χ2v) is 3.05. The molecular formula is C8H10N6. The smallest absolute Gasteiger partial charge is 0.251 e. The summed E-state index contributed by atoms with van der Waals surface area (Å²) in [6, 6.07) is 0. The molecule has 0 aliphatic rings. The van der Waals surface area contributed by atoms with Crippen molar-refractivity contribution in [3.8, 4) is 0 Å². The molecule has 0 atom stereocenters. The van der Waals surface area contributed by atoms with E-state index in [9.17, 15) is 0 Å². The quantitative estimate of drug-likeness (QED) is 0.490. The zero-order valence-corrected chi connectivity index (χ0v) is 7.94. The minimum atomic E-state index is -0.0601. The molecule has 2 aromatic rings. The summed E-state index contributed by atoms with van der Waals surface area (Å²) in [6.45, 7) is 3.72. The molecule has 2 rings (SSSR count). The molecule has 0 amide bonds. The van der Waals surface area contributed by atoms with E-state index in [1.807, 2.05) is 13.8 Å². The minimum absolute atomic E-state index is 0.0601. The first-order valence-electron chi connectivity index (χ1n) is 4.13.